The van der Waals surface area contributed by atoms with Crippen LogP contribution in [0.1, 0.15) is 50.4 Å². The second-order valence-electron chi connectivity index (χ2n) is 6.45. The normalized spacial score (nSPS) is 17.2. The first kappa shape index (κ1) is 13.7. The van der Waals surface area contributed by atoms with E-state index in [4.69, 9.17) is 0 Å². The molecule has 0 unspecified atom stereocenters. The molecule has 1 saturated heterocycles. The van der Waals surface area contributed by atoms with Gasteiger partial charge < -0.3 is 4.57 Å². The first-order chi connectivity index (χ1) is 9.66. The van der Waals surface area contributed by atoms with E-state index < -0.39 is 0 Å². The number of aromatic nitrogens is 1. The summed E-state index contributed by atoms with van der Waals surface area (Å²) in [4.78, 5) is 2.62. The van der Waals surface area contributed by atoms with Crippen molar-refractivity contribution in [1.82, 2.24) is 9.47 Å². The van der Waals surface area contributed by atoms with Crippen LogP contribution in [0.3, 0.4) is 0 Å². The number of hydrogen-bond donors (Lipinski definition) is 0. The fraction of sp³-hybridized carbons (Fsp3) is 0.556. The Kier molecular flexibility index (Phi) is 3.84. The summed E-state index contributed by atoms with van der Waals surface area (Å²) in [7, 11) is 0. The van der Waals surface area contributed by atoms with Crippen LogP contribution >= 0.6 is 0 Å². The molecule has 0 spiro atoms. The molecule has 2 heterocycles. The van der Waals surface area contributed by atoms with Crippen molar-refractivity contribution in [3.63, 3.8) is 0 Å². The number of aryl methyl sites for hydroxylation is 1. The van der Waals surface area contributed by atoms with Crippen molar-refractivity contribution >= 4 is 10.9 Å². The zero-order valence-electron chi connectivity index (χ0n) is 13.0. The van der Waals surface area contributed by atoms with Gasteiger partial charge in [0, 0.05) is 23.7 Å². The number of likely N-dealkylation sites (tertiary alicyclic amines) is 1. The molecule has 0 saturated carbocycles. The summed E-state index contributed by atoms with van der Waals surface area (Å²) >= 11 is 0. The Hall–Kier alpha value is -1.28. The van der Waals surface area contributed by atoms with Gasteiger partial charge in [-0.2, -0.15) is 0 Å². The molecule has 1 aliphatic rings. The molecule has 108 valence electrons. The van der Waals surface area contributed by atoms with Crippen LogP contribution in [0.25, 0.3) is 10.9 Å². The maximum Gasteiger partial charge on any atom is 0.0515 e. The number of nitrogens with zero attached hydrogens (tertiary/aromatic N) is 2. The molecule has 0 atom stereocenters. The molecule has 2 aromatic rings. The van der Waals surface area contributed by atoms with E-state index in [2.05, 4.69) is 54.5 Å². The average Bonchev–Trinajstić information content (AvgIpc) is 2.79. The number of piperidine rings is 1. The van der Waals surface area contributed by atoms with Crippen molar-refractivity contribution in [3.8, 4) is 0 Å². The Labute approximate surface area is 122 Å². The van der Waals surface area contributed by atoms with Crippen LogP contribution in [-0.4, -0.2) is 22.6 Å². The highest BCUT2D eigenvalue weighted by Crippen LogP contribution is 2.28. The van der Waals surface area contributed by atoms with Gasteiger partial charge in [0.2, 0.25) is 0 Å². The Morgan fingerprint density at radius 1 is 1.10 bits per heavy atom. The lowest BCUT2D eigenvalue weighted by Crippen LogP contribution is -2.30. The van der Waals surface area contributed by atoms with Gasteiger partial charge in [-0.05, 0) is 58.3 Å². The van der Waals surface area contributed by atoms with Gasteiger partial charge in [-0.25, -0.2) is 0 Å². The summed E-state index contributed by atoms with van der Waals surface area (Å²) in [6, 6.07) is 9.57. The monoisotopic (exact) mass is 270 g/mol. The highest BCUT2D eigenvalue weighted by Gasteiger charge is 2.17. The van der Waals surface area contributed by atoms with Crippen molar-refractivity contribution in [3.05, 3.63) is 35.5 Å². The molecule has 0 bridgehead atoms. The molecular weight excluding hydrogens is 244 g/mol. The number of fused-ring (bicyclic) bond motifs is 1. The Bertz CT molecular complexity index is 589. The molecule has 2 nitrogen and oxygen atoms in total. The molecular formula is C18H26N2. The van der Waals surface area contributed by atoms with E-state index in [9.17, 15) is 0 Å². The van der Waals surface area contributed by atoms with E-state index in [0.717, 1.165) is 6.54 Å². The summed E-state index contributed by atoms with van der Waals surface area (Å²) in [5.74, 6) is 0. The summed E-state index contributed by atoms with van der Waals surface area (Å²) in [6.45, 7) is 10.5. The van der Waals surface area contributed by atoms with Gasteiger partial charge in [0.15, 0.2) is 0 Å². The van der Waals surface area contributed by atoms with E-state index in [1.54, 1.807) is 0 Å². The van der Waals surface area contributed by atoms with Crippen LogP contribution in [0.2, 0.25) is 0 Å². The fourth-order valence-corrected chi connectivity index (χ4v) is 3.58. The Morgan fingerprint density at radius 2 is 1.85 bits per heavy atom. The molecule has 0 radical (unpaired) electrons. The van der Waals surface area contributed by atoms with Crippen LogP contribution in [0.15, 0.2) is 24.3 Å². The third kappa shape index (κ3) is 2.49. The highest BCUT2D eigenvalue weighted by molar-refractivity contribution is 5.84. The smallest absolute Gasteiger partial charge is 0.0515 e. The summed E-state index contributed by atoms with van der Waals surface area (Å²) in [5, 5.41) is 1.39. The highest BCUT2D eigenvalue weighted by atomic mass is 15.2. The van der Waals surface area contributed by atoms with Gasteiger partial charge >= 0.3 is 0 Å². The molecule has 1 aromatic heterocycles. The van der Waals surface area contributed by atoms with Crippen molar-refractivity contribution in [2.45, 2.75) is 52.6 Å². The van der Waals surface area contributed by atoms with E-state index in [1.165, 1.54) is 54.5 Å². The van der Waals surface area contributed by atoms with Gasteiger partial charge in [0.05, 0.1) is 5.52 Å². The zero-order chi connectivity index (χ0) is 14.1. The number of hydrogen-bond acceptors (Lipinski definition) is 1. The SMILES string of the molecule is Cc1cccc2cc(CN3CCCCC3)n(C(C)C)c12. The van der Waals surface area contributed by atoms with Crippen LogP contribution in [0.5, 0.6) is 0 Å². The van der Waals surface area contributed by atoms with E-state index >= 15 is 0 Å². The molecule has 1 fully saturated rings. The average molecular weight is 270 g/mol. The zero-order valence-corrected chi connectivity index (χ0v) is 13.0. The minimum absolute atomic E-state index is 0.522. The van der Waals surface area contributed by atoms with Gasteiger partial charge in [-0.15, -0.1) is 0 Å². The topological polar surface area (TPSA) is 8.17 Å². The lowest BCUT2D eigenvalue weighted by Gasteiger charge is -2.27. The Balaban J connectivity index is 2.01. The minimum atomic E-state index is 0.522. The molecule has 20 heavy (non-hydrogen) atoms. The second-order valence-corrected chi connectivity index (χ2v) is 6.45. The van der Waals surface area contributed by atoms with Crippen molar-refractivity contribution < 1.29 is 0 Å². The summed E-state index contributed by atoms with van der Waals surface area (Å²) in [6.07, 6.45) is 4.13. The number of para-hydroxylation sites is 1. The van der Waals surface area contributed by atoms with Crippen LogP contribution < -0.4 is 0 Å². The molecule has 1 aromatic carbocycles. The summed E-state index contributed by atoms with van der Waals surface area (Å²) in [5.41, 5.74) is 4.29. The number of benzene rings is 1. The van der Waals surface area contributed by atoms with Crippen molar-refractivity contribution in [2.24, 2.45) is 0 Å². The van der Waals surface area contributed by atoms with Crippen molar-refractivity contribution in [2.75, 3.05) is 13.1 Å². The molecule has 0 amide bonds. The first-order valence-corrected chi connectivity index (χ1v) is 7.98. The van der Waals surface area contributed by atoms with Gasteiger partial charge in [0.25, 0.3) is 0 Å². The standard InChI is InChI=1S/C18H26N2/c1-14(2)20-17(13-19-10-5-4-6-11-19)12-16-9-7-8-15(3)18(16)20/h7-9,12,14H,4-6,10-11,13H2,1-3H3. The lowest BCUT2D eigenvalue weighted by molar-refractivity contribution is 0.215. The predicted octanol–water partition coefficient (Wildman–Crippen LogP) is 4.52. The predicted molar refractivity (Wildman–Crippen MR) is 86.2 cm³/mol. The van der Waals surface area contributed by atoms with Crippen molar-refractivity contribution in [1.29, 1.82) is 0 Å². The fourth-order valence-electron chi connectivity index (χ4n) is 3.58. The lowest BCUT2D eigenvalue weighted by atomic mass is 10.1. The number of rotatable bonds is 3. The van der Waals surface area contributed by atoms with Crippen LogP contribution in [-0.2, 0) is 6.54 Å². The minimum Gasteiger partial charge on any atom is -0.341 e. The maximum atomic E-state index is 2.62. The van der Waals surface area contributed by atoms with Crippen LogP contribution in [0.4, 0.5) is 0 Å². The molecule has 0 aliphatic carbocycles. The quantitative estimate of drug-likeness (QED) is 0.796. The largest absolute Gasteiger partial charge is 0.341 e. The second kappa shape index (κ2) is 5.61. The molecule has 2 heteroatoms. The maximum absolute atomic E-state index is 2.62. The third-order valence-corrected chi connectivity index (χ3v) is 4.49. The van der Waals surface area contributed by atoms with Gasteiger partial charge in [-0.3, -0.25) is 4.90 Å². The summed E-state index contributed by atoms with van der Waals surface area (Å²) < 4.78 is 2.54. The van der Waals surface area contributed by atoms with E-state index in [0.29, 0.717) is 6.04 Å². The third-order valence-electron chi connectivity index (χ3n) is 4.49. The molecule has 0 N–H and O–H groups in total. The first-order valence-electron chi connectivity index (χ1n) is 7.98. The van der Waals surface area contributed by atoms with E-state index in [-0.39, 0.29) is 0 Å². The Morgan fingerprint density at radius 3 is 2.55 bits per heavy atom. The molecule has 1 aliphatic heterocycles. The van der Waals surface area contributed by atoms with Crippen LogP contribution in [0, 0.1) is 6.92 Å². The van der Waals surface area contributed by atoms with Gasteiger partial charge in [-0.1, -0.05) is 24.6 Å². The van der Waals surface area contributed by atoms with E-state index in [1.807, 2.05) is 0 Å². The molecule has 3 rings (SSSR count). The van der Waals surface area contributed by atoms with Gasteiger partial charge in [0.1, 0.15) is 0 Å².